The second-order valence-corrected chi connectivity index (χ2v) is 8.40. The minimum absolute atomic E-state index is 0.0486. The molecule has 0 fully saturated rings. The number of benzene rings is 1. The molecular weight excluding hydrogens is 404 g/mol. The Morgan fingerprint density at radius 1 is 1.29 bits per heavy atom. The lowest BCUT2D eigenvalue weighted by Gasteiger charge is -2.08. The highest BCUT2D eigenvalue weighted by atomic mass is 32.2. The smallest absolute Gasteiger partial charge is 0.387 e. The molecule has 2 heterocycles. The lowest BCUT2D eigenvalue weighted by molar-refractivity contribution is -0.113. The van der Waals surface area contributed by atoms with Gasteiger partial charge in [-0.1, -0.05) is 11.8 Å². The first-order chi connectivity index (χ1) is 13.5. The van der Waals surface area contributed by atoms with E-state index in [2.05, 4.69) is 20.0 Å². The van der Waals surface area contributed by atoms with Crippen molar-refractivity contribution in [2.24, 2.45) is 0 Å². The van der Waals surface area contributed by atoms with Crippen LogP contribution in [0.25, 0.3) is 10.2 Å². The van der Waals surface area contributed by atoms with E-state index in [9.17, 15) is 13.6 Å². The van der Waals surface area contributed by atoms with Crippen LogP contribution < -0.4 is 10.1 Å². The Kier molecular flexibility index (Phi) is 5.45. The van der Waals surface area contributed by atoms with E-state index in [4.69, 9.17) is 0 Å². The number of aromatic nitrogens is 2. The molecule has 5 nitrogen and oxygen atoms in total. The maximum Gasteiger partial charge on any atom is 0.387 e. The molecule has 4 rings (SSSR count). The molecule has 146 valence electrons. The molecule has 0 saturated heterocycles. The number of nitrogens with one attached hydrogen (secondary N) is 1. The van der Waals surface area contributed by atoms with Crippen molar-refractivity contribution in [1.82, 2.24) is 9.97 Å². The fourth-order valence-corrected chi connectivity index (χ4v) is 5.49. The van der Waals surface area contributed by atoms with Crippen LogP contribution in [0.1, 0.15) is 22.7 Å². The number of aryl methyl sites for hydroxylation is 3. The molecule has 28 heavy (non-hydrogen) atoms. The molecule has 0 radical (unpaired) electrons. The van der Waals surface area contributed by atoms with Gasteiger partial charge in [0.2, 0.25) is 5.91 Å². The van der Waals surface area contributed by atoms with E-state index < -0.39 is 6.61 Å². The number of fused-ring (bicyclic) bond motifs is 3. The summed E-state index contributed by atoms with van der Waals surface area (Å²) in [6.07, 6.45) is 3.28. The Morgan fingerprint density at radius 3 is 2.82 bits per heavy atom. The normalized spacial score (nSPS) is 13.1. The zero-order valence-electron chi connectivity index (χ0n) is 15.0. The Morgan fingerprint density at radius 2 is 2.07 bits per heavy atom. The van der Waals surface area contributed by atoms with Crippen molar-refractivity contribution < 1.29 is 18.3 Å². The number of amides is 1. The molecule has 0 bridgehead atoms. The third-order valence-corrected chi connectivity index (χ3v) is 6.51. The van der Waals surface area contributed by atoms with Crippen LogP contribution in [0.2, 0.25) is 0 Å². The molecule has 0 unspecified atom stereocenters. The molecule has 0 spiro atoms. The van der Waals surface area contributed by atoms with Gasteiger partial charge in [0.1, 0.15) is 21.4 Å². The quantitative estimate of drug-likeness (QED) is 0.457. The van der Waals surface area contributed by atoms with Gasteiger partial charge in [-0.25, -0.2) is 9.97 Å². The van der Waals surface area contributed by atoms with Crippen molar-refractivity contribution in [3.8, 4) is 5.75 Å². The molecule has 0 aliphatic heterocycles. The van der Waals surface area contributed by atoms with E-state index in [0.29, 0.717) is 11.5 Å². The van der Waals surface area contributed by atoms with Crippen molar-refractivity contribution in [3.63, 3.8) is 0 Å². The molecular formula is C19H17F2N3O2S2. The van der Waals surface area contributed by atoms with Gasteiger partial charge in [-0.3, -0.25) is 4.79 Å². The predicted molar refractivity (Wildman–Crippen MR) is 107 cm³/mol. The van der Waals surface area contributed by atoms with Gasteiger partial charge in [0, 0.05) is 16.0 Å². The molecule has 3 aromatic rings. The van der Waals surface area contributed by atoms with Gasteiger partial charge < -0.3 is 10.1 Å². The fourth-order valence-electron chi connectivity index (χ4n) is 3.22. The summed E-state index contributed by atoms with van der Waals surface area (Å²) >= 11 is 3.12. The summed E-state index contributed by atoms with van der Waals surface area (Å²) in [6.45, 7) is -1.01. The van der Waals surface area contributed by atoms with Crippen LogP contribution in [0.15, 0.2) is 29.3 Å². The summed E-state index contributed by atoms with van der Waals surface area (Å²) in [4.78, 5) is 23.8. The molecule has 0 atom stereocenters. The average Bonchev–Trinajstić information content (AvgIpc) is 3.21. The Bertz CT molecular complexity index is 1020. The van der Waals surface area contributed by atoms with Crippen molar-refractivity contribution in [3.05, 3.63) is 40.5 Å². The maximum absolute atomic E-state index is 12.3. The molecule has 2 aromatic heterocycles. The van der Waals surface area contributed by atoms with Gasteiger partial charge in [-0.05, 0) is 56.0 Å². The molecule has 0 saturated carbocycles. The largest absolute Gasteiger partial charge is 0.435 e. The number of halogens is 2. The minimum Gasteiger partial charge on any atom is -0.435 e. The summed E-state index contributed by atoms with van der Waals surface area (Å²) in [5, 5.41) is 4.70. The number of carbonyl (C=O) groups is 1. The number of carbonyl (C=O) groups excluding carboxylic acids is 1. The van der Waals surface area contributed by atoms with Crippen LogP contribution in [0, 0.1) is 6.92 Å². The van der Waals surface area contributed by atoms with E-state index in [1.54, 1.807) is 11.3 Å². The van der Waals surface area contributed by atoms with E-state index in [-0.39, 0.29) is 17.4 Å². The summed E-state index contributed by atoms with van der Waals surface area (Å²) in [5.74, 6) is 0.757. The second kappa shape index (κ2) is 8.00. The Hall–Kier alpha value is -2.26. The third kappa shape index (κ3) is 4.10. The molecule has 1 aromatic carbocycles. The molecule has 9 heteroatoms. The number of nitrogens with zero attached hydrogens (tertiary/aromatic N) is 2. The summed E-state index contributed by atoms with van der Waals surface area (Å²) in [6, 6.07) is 5.83. The number of hydrogen-bond acceptors (Lipinski definition) is 6. The van der Waals surface area contributed by atoms with Gasteiger partial charge in [-0.2, -0.15) is 8.78 Å². The first kappa shape index (κ1) is 19.1. The van der Waals surface area contributed by atoms with Crippen molar-refractivity contribution in [2.75, 3.05) is 11.1 Å². The summed E-state index contributed by atoms with van der Waals surface area (Å²) in [7, 11) is 0. The maximum atomic E-state index is 12.3. The van der Waals surface area contributed by atoms with Crippen LogP contribution in [-0.2, 0) is 17.6 Å². The van der Waals surface area contributed by atoms with Crippen LogP contribution in [0.3, 0.4) is 0 Å². The number of thioether (sulfide) groups is 1. The standard InChI is InChI=1S/C19H17F2N3O2S2/c1-10-22-17(16-13-3-2-4-14(13)28-18(16)23-10)27-9-15(25)24-11-5-7-12(8-6-11)26-19(20)21/h5-8,19H,2-4,9H2,1H3,(H,24,25). The molecule has 1 N–H and O–H groups in total. The van der Waals surface area contributed by atoms with E-state index in [1.165, 1.54) is 46.5 Å². The molecule has 1 amide bonds. The van der Waals surface area contributed by atoms with Gasteiger partial charge in [0.25, 0.3) is 0 Å². The predicted octanol–water partition coefficient (Wildman–Crippen LogP) is 4.82. The zero-order valence-corrected chi connectivity index (χ0v) is 16.6. The Balaban J connectivity index is 1.44. The first-order valence-electron chi connectivity index (χ1n) is 8.76. The lowest BCUT2D eigenvalue weighted by Crippen LogP contribution is -2.14. The minimum atomic E-state index is -2.87. The fraction of sp³-hybridized carbons (Fsp3) is 0.316. The molecule has 1 aliphatic rings. The third-order valence-electron chi connectivity index (χ3n) is 4.35. The SMILES string of the molecule is Cc1nc(SCC(=O)Nc2ccc(OC(F)F)cc2)c2c3c(sc2n1)CCC3. The van der Waals surface area contributed by atoms with Crippen LogP contribution in [-0.4, -0.2) is 28.2 Å². The van der Waals surface area contributed by atoms with E-state index in [1.807, 2.05) is 6.92 Å². The van der Waals surface area contributed by atoms with Crippen molar-refractivity contribution in [1.29, 1.82) is 0 Å². The topological polar surface area (TPSA) is 64.1 Å². The van der Waals surface area contributed by atoms with Gasteiger partial charge in [-0.15, -0.1) is 11.3 Å². The number of anilines is 1. The zero-order chi connectivity index (χ0) is 19.7. The lowest BCUT2D eigenvalue weighted by atomic mass is 10.2. The van der Waals surface area contributed by atoms with Crippen LogP contribution >= 0.6 is 23.1 Å². The van der Waals surface area contributed by atoms with Gasteiger partial charge in [0.15, 0.2) is 0 Å². The number of alkyl halides is 2. The molecule has 1 aliphatic carbocycles. The monoisotopic (exact) mass is 421 g/mol. The number of rotatable bonds is 6. The van der Waals surface area contributed by atoms with Crippen molar-refractivity contribution >= 4 is 44.9 Å². The summed E-state index contributed by atoms with van der Waals surface area (Å²) < 4.78 is 28.7. The van der Waals surface area contributed by atoms with E-state index in [0.717, 1.165) is 34.5 Å². The number of ether oxygens (including phenoxy) is 1. The van der Waals surface area contributed by atoms with Gasteiger partial charge in [0.05, 0.1) is 5.75 Å². The van der Waals surface area contributed by atoms with Crippen LogP contribution in [0.5, 0.6) is 5.75 Å². The van der Waals surface area contributed by atoms with E-state index >= 15 is 0 Å². The Labute approximate surface area is 168 Å². The van der Waals surface area contributed by atoms with Gasteiger partial charge >= 0.3 is 6.61 Å². The summed E-state index contributed by atoms with van der Waals surface area (Å²) in [5.41, 5.74) is 1.85. The highest BCUT2D eigenvalue weighted by Crippen LogP contribution is 2.40. The second-order valence-electron chi connectivity index (χ2n) is 6.35. The van der Waals surface area contributed by atoms with Crippen molar-refractivity contribution in [2.45, 2.75) is 37.8 Å². The first-order valence-corrected chi connectivity index (χ1v) is 10.6. The number of hydrogen-bond donors (Lipinski definition) is 1. The highest BCUT2D eigenvalue weighted by Gasteiger charge is 2.22. The van der Waals surface area contributed by atoms with Crippen LogP contribution in [0.4, 0.5) is 14.5 Å². The number of thiophene rings is 1. The average molecular weight is 421 g/mol. The highest BCUT2D eigenvalue weighted by molar-refractivity contribution is 8.00.